The second-order valence-electron chi connectivity index (χ2n) is 4.91. The van der Waals surface area contributed by atoms with Gasteiger partial charge in [0.05, 0.1) is 11.7 Å². The van der Waals surface area contributed by atoms with Crippen LogP contribution in [0.3, 0.4) is 0 Å². The van der Waals surface area contributed by atoms with Crippen molar-refractivity contribution in [1.82, 2.24) is 9.61 Å². The highest BCUT2D eigenvalue weighted by molar-refractivity contribution is 5.95. The first-order valence-corrected chi connectivity index (χ1v) is 6.17. The van der Waals surface area contributed by atoms with Crippen molar-refractivity contribution in [3.63, 3.8) is 0 Å². The molecule has 2 atom stereocenters. The highest BCUT2D eigenvalue weighted by atomic mass is 19.1. The average Bonchev–Trinajstić information content (AvgIpc) is 2.91. The summed E-state index contributed by atoms with van der Waals surface area (Å²) in [7, 11) is 0. The number of carboxylic acid groups (broad SMARTS) is 1. The Morgan fingerprint density at radius 2 is 2.37 bits per heavy atom. The van der Waals surface area contributed by atoms with Gasteiger partial charge in [0.25, 0.3) is 0 Å². The van der Waals surface area contributed by atoms with Crippen molar-refractivity contribution in [2.75, 3.05) is 11.4 Å². The van der Waals surface area contributed by atoms with Crippen LogP contribution in [-0.4, -0.2) is 39.4 Å². The van der Waals surface area contributed by atoms with E-state index in [1.165, 1.54) is 10.7 Å². The summed E-state index contributed by atoms with van der Waals surface area (Å²) >= 11 is 0. The van der Waals surface area contributed by atoms with Crippen LogP contribution in [0.15, 0.2) is 24.5 Å². The predicted molar refractivity (Wildman–Crippen MR) is 68.5 cm³/mol. The molecule has 0 unspecified atom stereocenters. The summed E-state index contributed by atoms with van der Waals surface area (Å²) in [6.45, 7) is 2.33. The molecular formula is C13H14FN3O2. The molecule has 19 heavy (non-hydrogen) atoms. The fourth-order valence-electron chi connectivity index (χ4n) is 2.64. The van der Waals surface area contributed by atoms with E-state index in [1.807, 2.05) is 17.9 Å². The smallest absolute Gasteiger partial charge is 0.339 e. The summed E-state index contributed by atoms with van der Waals surface area (Å²) in [5.74, 6) is -1.01. The van der Waals surface area contributed by atoms with E-state index in [-0.39, 0.29) is 11.6 Å². The number of carbonyl (C=O) groups is 1. The minimum atomic E-state index is -1.01. The zero-order chi connectivity index (χ0) is 13.6. The zero-order valence-electron chi connectivity index (χ0n) is 10.5. The van der Waals surface area contributed by atoms with E-state index in [9.17, 15) is 9.18 Å². The van der Waals surface area contributed by atoms with Crippen LogP contribution in [0.4, 0.5) is 10.1 Å². The van der Waals surface area contributed by atoms with Crippen LogP contribution in [0.1, 0.15) is 23.7 Å². The van der Waals surface area contributed by atoms with E-state index in [1.54, 1.807) is 12.3 Å². The summed E-state index contributed by atoms with van der Waals surface area (Å²) < 4.78 is 14.9. The van der Waals surface area contributed by atoms with Crippen LogP contribution in [0, 0.1) is 0 Å². The van der Waals surface area contributed by atoms with Crippen molar-refractivity contribution in [1.29, 1.82) is 0 Å². The number of aromatic nitrogens is 2. The second kappa shape index (κ2) is 4.22. The van der Waals surface area contributed by atoms with Gasteiger partial charge >= 0.3 is 5.97 Å². The average molecular weight is 263 g/mol. The molecule has 1 N–H and O–H groups in total. The van der Waals surface area contributed by atoms with Crippen LogP contribution >= 0.6 is 0 Å². The molecule has 0 radical (unpaired) electrons. The predicted octanol–water partition coefficient (Wildman–Crippen LogP) is 1.97. The molecule has 1 saturated heterocycles. The number of alkyl halides is 1. The first kappa shape index (κ1) is 12.0. The maximum absolute atomic E-state index is 13.4. The quantitative estimate of drug-likeness (QED) is 0.900. The van der Waals surface area contributed by atoms with Gasteiger partial charge in [-0.25, -0.2) is 13.7 Å². The topological polar surface area (TPSA) is 57.8 Å². The van der Waals surface area contributed by atoms with Gasteiger partial charge in [-0.2, -0.15) is 5.10 Å². The number of fused-ring (bicyclic) bond motifs is 1. The Bertz CT molecular complexity index is 640. The van der Waals surface area contributed by atoms with Crippen molar-refractivity contribution >= 4 is 17.2 Å². The molecule has 100 valence electrons. The second-order valence-corrected chi connectivity index (χ2v) is 4.91. The van der Waals surface area contributed by atoms with Gasteiger partial charge < -0.3 is 10.0 Å². The van der Waals surface area contributed by atoms with Crippen LogP contribution in [0.25, 0.3) is 5.52 Å². The molecule has 0 spiro atoms. The maximum atomic E-state index is 13.4. The Kier molecular flexibility index (Phi) is 2.66. The van der Waals surface area contributed by atoms with Gasteiger partial charge in [-0.3, -0.25) is 0 Å². The molecule has 1 aliphatic rings. The van der Waals surface area contributed by atoms with E-state index >= 15 is 0 Å². The molecule has 0 bridgehead atoms. The lowest BCUT2D eigenvalue weighted by Crippen LogP contribution is -2.26. The van der Waals surface area contributed by atoms with E-state index in [2.05, 4.69) is 5.10 Å². The van der Waals surface area contributed by atoms with Gasteiger partial charge in [0.1, 0.15) is 11.7 Å². The first-order chi connectivity index (χ1) is 9.06. The van der Waals surface area contributed by atoms with Gasteiger partial charge in [-0.15, -0.1) is 0 Å². The summed E-state index contributed by atoms with van der Waals surface area (Å²) in [5, 5.41) is 13.1. The molecule has 0 aliphatic carbocycles. The Morgan fingerprint density at radius 1 is 1.58 bits per heavy atom. The number of hydrogen-bond donors (Lipinski definition) is 1. The fourth-order valence-corrected chi connectivity index (χ4v) is 2.64. The third-order valence-corrected chi connectivity index (χ3v) is 3.59. The van der Waals surface area contributed by atoms with Crippen LogP contribution in [0.2, 0.25) is 0 Å². The van der Waals surface area contributed by atoms with Crippen molar-refractivity contribution in [3.05, 3.63) is 30.1 Å². The van der Waals surface area contributed by atoms with Crippen molar-refractivity contribution < 1.29 is 14.3 Å². The highest BCUT2D eigenvalue weighted by Gasteiger charge is 2.29. The van der Waals surface area contributed by atoms with Crippen LogP contribution < -0.4 is 4.90 Å². The number of halogens is 1. The summed E-state index contributed by atoms with van der Waals surface area (Å²) in [6, 6.07) is 3.71. The zero-order valence-corrected chi connectivity index (χ0v) is 10.5. The number of hydrogen-bond acceptors (Lipinski definition) is 3. The van der Waals surface area contributed by atoms with E-state index < -0.39 is 12.1 Å². The van der Waals surface area contributed by atoms with E-state index in [0.717, 1.165) is 5.69 Å². The number of aromatic carboxylic acids is 1. The van der Waals surface area contributed by atoms with Gasteiger partial charge in [0.15, 0.2) is 0 Å². The minimum Gasteiger partial charge on any atom is -0.478 e. The monoisotopic (exact) mass is 263 g/mol. The summed E-state index contributed by atoms with van der Waals surface area (Å²) in [6.07, 6.45) is 2.72. The number of rotatable bonds is 2. The van der Waals surface area contributed by atoms with Crippen molar-refractivity contribution in [2.45, 2.75) is 25.6 Å². The third kappa shape index (κ3) is 1.93. The SMILES string of the molecule is C[C@H]1C[C@@H](F)CN1c1ccn2ncc(C(=O)O)c2c1. The van der Waals surface area contributed by atoms with Gasteiger partial charge in [0.2, 0.25) is 0 Å². The first-order valence-electron chi connectivity index (χ1n) is 6.17. The number of pyridine rings is 1. The largest absolute Gasteiger partial charge is 0.478 e. The number of carboxylic acids is 1. The normalized spacial score (nSPS) is 23.2. The van der Waals surface area contributed by atoms with Gasteiger partial charge in [-0.05, 0) is 19.1 Å². The molecule has 3 rings (SSSR count). The molecule has 5 nitrogen and oxygen atoms in total. The molecule has 2 aromatic heterocycles. The molecular weight excluding hydrogens is 249 g/mol. The Morgan fingerprint density at radius 3 is 3.00 bits per heavy atom. The fraction of sp³-hybridized carbons (Fsp3) is 0.385. The molecule has 3 heterocycles. The maximum Gasteiger partial charge on any atom is 0.339 e. The Labute approximate surface area is 109 Å². The molecule has 1 fully saturated rings. The minimum absolute atomic E-state index is 0.119. The molecule has 0 amide bonds. The van der Waals surface area contributed by atoms with E-state index in [0.29, 0.717) is 18.5 Å². The Hall–Kier alpha value is -2.11. The molecule has 6 heteroatoms. The molecule has 0 saturated carbocycles. The third-order valence-electron chi connectivity index (χ3n) is 3.59. The lowest BCUT2D eigenvalue weighted by molar-refractivity contribution is 0.0699. The van der Waals surface area contributed by atoms with Gasteiger partial charge in [-0.1, -0.05) is 0 Å². The van der Waals surface area contributed by atoms with Crippen LogP contribution in [-0.2, 0) is 0 Å². The van der Waals surface area contributed by atoms with Gasteiger partial charge in [0, 0.05) is 30.9 Å². The summed E-state index contributed by atoms with van der Waals surface area (Å²) in [5.41, 5.74) is 1.52. The summed E-state index contributed by atoms with van der Waals surface area (Å²) in [4.78, 5) is 13.1. The number of nitrogens with zero attached hydrogens (tertiary/aromatic N) is 3. The standard InChI is InChI=1S/C13H14FN3O2/c1-8-4-9(14)7-16(8)10-2-3-17-12(5-10)11(6-15-17)13(18)19/h2-3,5-6,8-9H,4,7H2,1H3,(H,18,19)/t8-,9+/m0/s1. The Balaban J connectivity index is 2.05. The van der Waals surface area contributed by atoms with Crippen molar-refractivity contribution in [3.8, 4) is 0 Å². The van der Waals surface area contributed by atoms with E-state index in [4.69, 9.17) is 5.11 Å². The van der Waals surface area contributed by atoms with Crippen LogP contribution in [0.5, 0.6) is 0 Å². The lowest BCUT2D eigenvalue weighted by Gasteiger charge is -2.23. The molecule has 1 aliphatic heterocycles. The highest BCUT2D eigenvalue weighted by Crippen LogP contribution is 2.28. The molecule has 0 aromatic carbocycles. The van der Waals surface area contributed by atoms with Crippen molar-refractivity contribution in [2.24, 2.45) is 0 Å². The lowest BCUT2D eigenvalue weighted by atomic mass is 10.2. The number of anilines is 1. The molecule has 2 aromatic rings.